The lowest BCUT2D eigenvalue weighted by Gasteiger charge is -2.32. The molecule has 2 spiro atoms. The predicted octanol–water partition coefficient (Wildman–Crippen LogP) is 29.5. The van der Waals surface area contributed by atoms with E-state index in [0.29, 0.717) is 40.4 Å². The molecule has 0 bridgehead atoms. The van der Waals surface area contributed by atoms with Gasteiger partial charge >= 0.3 is 7.12 Å². The van der Waals surface area contributed by atoms with E-state index in [1.54, 1.807) is 0 Å². The molecule has 10 heteroatoms. The summed E-state index contributed by atoms with van der Waals surface area (Å²) in [5, 5.41) is 39.6. The van der Waals surface area contributed by atoms with E-state index in [9.17, 15) is 10.0 Å². The summed E-state index contributed by atoms with van der Waals surface area (Å²) in [7, 11) is -1.53. The van der Waals surface area contributed by atoms with E-state index >= 15 is 0 Å². The normalized spacial score (nSPS) is 14.3. The minimum atomic E-state index is -1.53. The third kappa shape index (κ3) is 11.8. The Balaban J connectivity index is 0.000000115. The number of nitrogens with zero attached hydrogens (tertiary/aromatic N) is 6. The van der Waals surface area contributed by atoms with Crippen LogP contribution >= 0.6 is 15.9 Å². The van der Waals surface area contributed by atoms with Gasteiger partial charge in [-0.25, -0.2) is 29.9 Å². The first kappa shape index (κ1) is 78.4. The Hall–Kier alpha value is -16.6. The summed E-state index contributed by atoms with van der Waals surface area (Å²) in [5.74, 6) is 3.88. The van der Waals surface area contributed by atoms with E-state index in [4.69, 9.17) is 29.9 Å². The molecule has 0 fully saturated rings. The van der Waals surface area contributed by atoms with E-state index in [2.05, 4.69) is 356 Å². The van der Waals surface area contributed by atoms with Crippen molar-refractivity contribution in [3.05, 3.63) is 498 Å². The molecule has 24 aromatic rings. The molecule has 22 aromatic carbocycles. The maximum atomic E-state index is 10.2. The molecular formula is C124H76BBrN6O2. The fourth-order valence-electron chi connectivity index (χ4n) is 22.8. The second-order valence-electron chi connectivity index (χ2n) is 35.0. The van der Waals surface area contributed by atoms with Crippen LogP contribution < -0.4 is 5.46 Å². The summed E-state index contributed by atoms with van der Waals surface area (Å²) in [6.45, 7) is 0. The predicted molar refractivity (Wildman–Crippen MR) is 554 cm³/mol. The Labute approximate surface area is 781 Å². The molecule has 0 radical (unpaired) electrons. The van der Waals surface area contributed by atoms with Crippen LogP contribution in [0, 0.1) is 0 Å². The second-order valence-corrected chi connectivity index (χ2v) is 35.8. The van der Waals surface area contributed by atoms with Gasteiger partial charge in [0.05, 0.1) is 10.8 Å². The van der Waals surface area contributed by atoms with Gasteiger partial charge in [-0.15, -0.1) is 0 Å². The summed E-state index contributed by atoms with van der Waals surface area (Å²) in [5.41, 5.74) is 27.6. The Morgan fingerprint density at radius 3 is 0.799 bits per heavy atom. The summed E-state index contributed by atoms with van der Waals surface area (Å²) in [6.07, 6.45) is 0. The molecule has 4 aliphatic carbocycles. The molecule has 2 aromatic heterocycles. The van der Waals surface area contributed by atoms with Crippen molar-refractivity contribution in [1.29, 1.82) is 0 Å². The Bertz CT molecular complexity index is 8910. The monoisotopic (exact) mass is 1770 g/mol. The zero-order valence-corrected chi connectivity index (χ0v) is 73.8. The minimum absolute atomic E-state index is 0.511. The van der Waals surface area contributed by atoms with E-state index in [1.165, 1.54) is 137 Å². The van der Waals surface area contributed by atoms with Crippen LogP contribution in [0.5, 0.6) is 0 Å². The molecule has 8 nitrogen and oxygen atoms in total. The molecule has 2 unspecified atom stereocenters. The van der Waals surface area contributed by atoms with Crippen LogP contribution in [0.2, 0.25) is 0 Å². The van der Waals surface area contributed by atoms with Crippen LogP contribution in [-0.2, 0) is 10.8 Å². The molecule has 624 valence electrons. The van der Waals surface area contributed by atoms with Gasteiger partial charge < -0.3 is 10.0 Å². The van der Waals surface area contributed by atoms with Gasteiger partial charge in [0.25, 0.3) is 0 Å². The van der Waals surface area contributed by atoms with Crippen molar-refractivity contribution in [2.24, 2.45) is 0 Å². The lowest BCUT2D eigenvalue weighted by molar-refractivity contribution is 0.425. The molecule has 0 aliphatic heterocycles. The molecule has 0 saturated heterocycles. The lowest BCUT2D eigenvalue weighted by atomic mass is 9.67. The largest absolute Gasteiger partial charge is 0.488 e. The number of halogens is 1. The van der Waals surface area contributed by atoms with Crippen molar-refractivity contribution in [2.45, 2.75) is 10.8 Å². The molecular weight excluding hydrogens is 1700 g/mol. The fourth-order valence-corrected chi connectivity index (χ4v) is 23.5. The van der Waals surface area contributed by atoms with Crippen molar-refractivity contribution in [2.75, 3.05) is 0 Å². The van der Waals surface area contributed by atoms with Crippen molar-refractivity contribution in [1.82, 2.24) is 29.9 Å². The fraction of sp³-hybridized carbons (Fsp3) is 0.0161. The van der Waals surface area contributed by atoms with Gasteiger partial charge in [0.15, 0.2) is 34.9 Å². The van der Waals surface area contributed by atoms with Crippen LogP contribution in [0.25, 0.3) is 210 Å². The summed E-state index contributed by atoms with van der Waals surface area (Å²) in [6, 6.07) is 159. The molecule has 2 heterocycles. The number of fused-ring (bicyclic) bond motifs is 36. The quantitative estimate of drug-likeness (QED) is 0.114. The molecule has 28 rings (SSSR count). The van der Waals surface area contributed by atoms with Gasteiger partial charge in [-0.3, -0.25) is 0 Å². The lowest BCUT2D eigenvalue weighted by Crippen LogP contribution is -2.33. The van der Waals surface area contributed by atoms with Crippen LogP contribution in [0.15, 0.2) is 453 Å². The molecule has 4 aliphatic rings. The van der Waals surface area contributed by atoms with E-state index in [-0.39, 0.29) is 0 Å². The van der Waals surface area contributed by atoms with Gasteiger partial charge in [-0.1, -0.05) is 443 Å². The van der Waals surface area contributed by atoms with E-state index in [1.807, 2.05) is 109 Å². The van der Waals surface area contributed by atoms with Crippen LogP contribution in [0.1, 0.15) is 44.5 Å². The van der Waals surface area contributed by atoms with Crippen molar-refractivity contribution >= 4 is 115 Å². The Kier molecular flexibility index (Phi) is 18.3. The Morgan fingerprint density at radius 2 is 0.425 bits per heavy atom. The number of aromatic nitrogens is 6. The van der Waals surface area contributed by atoms with E-state index < -0.39 is 17.9 Å². The summed E-state index contributed by atoms with van der Waals surface area (Å²) >= 11 is 3.90. The highest BCUT2D eigenvalue weighted by Gasteiger charge is 2.55. The van der Waals surface area contributed by atoms with Gasteiger partial charge in [0.2, 0.25) is 0 Å². The average molecular weight is 1770 g/mol. The van der Waals surface area contributed by atoms with Gasteiger partial charge in [0.1, 0.15) is 0 Å². The second kappa shape index (κ2) is 31.3. The third-order valence-electron chi connectivity index (χ3n) is 28.2. The topological polar surface area (TPSA) is 118 Å². The minimum Gasteiger partial charge on any atom is -0.423 e. The molecule has 0 saturated carbocycles. The number of hydrogen-bond donors (Lipinski definition) is 2. The Morgan fingerprint density at radius 1 is 0.179 bits per heavy atom. The van der Waals surface area contributed by atoms with Crippen molar-refractivity contribution in [3.8, 4) is 124 Å². The maximum absolute atomic E-state index is 10.2. The first-order valence-electron chi connectivity index (χ1n) is 45.5. The van der Waals surface area contributed by atoms with E-state index in [0.717, 1.165) is 87.0 Å². The number of rotatable bonds is 8. The third-order valence-corrected chi connectivity index (χ3v) is 29.0. The van der Waals surface area contributed by atoms with Crippen LogP contribution in [0.4, 0.5) is 0 Å². The zero-order chi connectivity index (χ0) is 88.9. The molecule has 0 amide bonds. The van der Waals surface area contributed by atoms with Crippen LogP contribution in [-0.4, -0.2) is 47.1 Å². The smallest absolute Gasteiger partial charge is 0.423 e. The highest BCUT2D eigenvalue weighted by Crippen LogP contribution is 2.68. The highest BCUT2D eigenvalue weighted by atomic mass is 79.9. The first-order chi connectivity index (χ1) is 66.3. The summed E-state index contributed by atoms with van der Waals surface area (Å²) < 4.78 is 0.987. The number of benzene rings is 22. The molecule has 2 atom stereocenters. The van der Waals surface area contributed by atoms with Crippen LogP contribution in [0.3, 0.4) is 0 Å². The maximum Gasteiger partial charge on any atom is 0.488 e. The van der Waals surface area contributed by atoms with Gasteiger partial charge in [-0.05, 0) is 208 Å². The number of hydrogen-bond acceptors (Lipinski definition) is 8. The zero-order valence-electron chi connectivity index (χ0n) is 72.3. The van der Waals surface area contributed by atoms with Crippen molar-refractivity contribution in [3.63, 3.8) is 0 Å². The summed E-state index contributed by atoms with van der Waals surface area (Å²) in [4.78, 5) is 30.7. The first-order valence-corrected chi connectivity index (χ1v) is 46.3. The molecule has 2 N–H and O–H groups in total. The molecule has 134 heavy (non-hydrogen) atoms. The average Bonchev–Trinajstić information content (AvgIpc) is 1.50. The standard InChI is InChI=1S/C62H37N3.C33H21BO2.C29H18BrN3/c1-3-19-38(20-4-1)59-63-60(39-21-5-2-6-22-39)65-61(64-59)57-49-30-13-9-24-42(49)41-23-7-11-28-47(41)55(57)40-35-36-46-45-27-15-17-33-52(45)62(54(46)37-40)53-34-18-16-32-51(53)56-48-29-12-8-25-43(48)44-26-10-14-31-50(44)58(56)62;35-34(36)20-17-18-24-23-11-5-7-15-28(23)33(30(24)19-20)29-16-8-6-14-27(29)31-25-12-3-1-9-21(25)22-10-2-4-13-26(22)32(31)33;30-26-24-18-10-8-16-22(24)21-15-7-9-17-23(21)25(26)29-32-27(19-11-3-1-4-12-19)31-28(33-29)20-13-5-2-6-14-20/h1-37H;1-19,35-36H;1-18H. The highest BCUT2D eigenvalue weighted by molar-refractivity contribution is 9.10. The van der Waals surface area contributed by atoms with Gasteiger partial charge in [-0.2, -0.15) is 0 Å². The van der Waals surface area contributed by atoms with Crippen molar-refractivity contribution < 1.29 is 10.0 Å². The van der Waals surface area contributed by atoms with Gasteiger partial charge in [0, 0.05) is 43.4 Å². The SMILES string of the molecule is Brc1c(-c2nc(-c3ccccc3)nc(-c3ccccc3)n2)c2ccccc2c2ccccc12.OB(O)c1ccc2c(c1)C1(c3ccccc3-2)c2ccccc2-c2c1c1ccccc1c1ccccc21.c1ccc(-c2nc(-c3ccccc3)nc(-c3c(-c4ccc5c(c4)C4(c6ccccc6-5)c5ccccc5-c5c4c4ccccc4c4ccccc54)c4ccccc4c4ccccc34)n2)cc1.